The highest BCUT2D eigenvalue weighted by atomic mass is 16.5. The second-order valence-corrected chi connectivity index (χ2v) is 12.8. The van der Waals surface area contributed by atoms with Crippen molar-refractivity contribution in [3.05, 3.63) is 65.9 Å². The summed E-state index contributed by atoms with van der Waals surface area (Å²) in [4.78, 5) is 56.9. The number of hydrogen-bond donors (Lipinski definition) is 4. The van der Waals surface area contributed by atoms with Crippen LogP contribution in [-0.4, -0.2) is 79.5 Å². The lowest BCUT2D eigenvalue weighted by Gasteiger charge is -2.33. The molecule has 1 fully saturated rings. The quantitative estimate of drug-likeness (QED) is 0.294. The number of nitrogens with one attached hydrogen (secondary N) is 4. The molecule has 4 amide bonds. The molecule has 2 bridgehead atoms. The average molecular weight is 648 g/mol. The zero-order valence-electron chi connectivity index (χ0n) is 28.2. The first-order valence-corrected chi connectivity index (χ1v) is 16.5. The summed E-state index contributed by atoms with van der Waals surface area (Å²) in [7, 11) is 3.28. The molecule has 2 heterocycles. The van der Waals surface area contributed by atoms with E-state index in [2.05, 4.69) is 21.3 Å². The molecule has 0 radical (unpaired) electrons. The Hall–Kier alpha value is -4.38. The van der Waals surface area contributed by atoms with Crippen LogP contribution in [0.5, 0.6) is 11.5 Å². The SMILES string of the molecule is CCC(C)C1NC(=O)C2C(CCN2C(=O)C(CC(C)C)NC(=O)C(Cc2ccccc2)NC)Oc2ccc(OC)c(c2)/C=C/NC1=O. The van der Waals surface area contributed by atoms with Gasteiger partial charge in [-0.25, -0.2) is 0 Å². The predicted molar refractivity (Wildman–Crippen MR) is 180 cm³/mol. The number of rotatable bonds is 11. The Balaban J connectivity index is 1.65. The Kier molecular flexibility index (Phi) is 12.4. The van der Waals surface area contributed by atoms with E-state index < -0.39 is 36.2 Å². The minimum atomic E-state index is -1.03. The Labute approximate surface area is 277 Å². The minimum absolute atomic E-state index is 0.0821. The molecule has 0 saturated carbocycles. The number of amides is 4. The van der Waals surface area contributed by atoms with Gasteiger partial charge in [0.2, 0.25) is 23.6 Å². The monoisotopic (exact) mass is 647 g/mol. The fourth-order valence-corrected chi connectivity index (χ4v) is 6.12. The van der Waals surface area contributed by atoms with Crippen molar-refractivity contribution in [2.75, 3.05) is 20.7 Å². The van der Waals surface area contributed by atoms with Gasteiger partial charge in [-0.2, -0.15) is 0 Å². The standard InChI is InChI=1S/C36H49N5O6/c1-7-23(4)31-34(43)38-17-15-25-21-26(13-14-29(25)46-6)47-30-16-18-41(32(30)35(44)40-31)36(45)28(19-22(2)3)39-33(42)27(37-5)20-24-11-9-8-10-12-24/h8-15,17,21-23,27-28,30-32,37H,7,16,18-20H2,1-6H3,(H,38,43)(H,39,42)(H,40,44)/b17-15+. The first kappa shape index (κ1) is 35.5. The summed E-state index contributed by atoms with van der Waals surface area (Å²) in [6.45, 7) is 8.06. The third kappa shape index (κ3) is 8.91. The number of benzene rings is 2. The number of carbonyl (C=O) groups is 4. The molecule has 254 valence electrons. The van der Waals surface area contributed by atoms with E-state index >= 15 is 0 Å². The maximum atomic E-state index is 14.4. The van der Waals surface area contributed by atoms with Gasteiger partial charge >= 0.3 is 0 Å². The first-order valence-electron chi connectivity index (χ1n) is 16.5. The van der Waals surface area contributed by atoms with Gasteiger partial charge in [0.05, 0.1) is 13.2 Å². The van der Waals surface area contributed by atoms with Crippen LogP contribution in [0.25, 0.3) is 6.08 Å². The Morgan fingerprint density at radius 3 is 2.47 bits per heavy atom. The van der Waals surface area contributed by atoms with E-state index in [1.807, 2.05) is 58.0 Å². The number of nitrogens with zero attached hydrogens (tertiary/aromatic N) is 1. The average Bonchev–Trinajstić information content (AvgIpc) is 3.48. The molecular weight excluding hydrogens is 598 g/mol. The number of fused-ring (bicyclic) bond motifs is 3. The van der Waals surface area contributed by atoms with Crippen molar-refractivity contribution in [2.45, 2.75) is 83.6 Å². The van der Waals surface area contributed by atoms with Gasteiger partial charge in [-0.05, 0) is 61.6 Å². The van der Waals surface area contributed by atoms with E-state index in [-0.39, 0.29) is 36.1 Å². The molecule has 11 heteroatoms. The second-order valence-electron chi connectivity index (χ2n) is 12.8. The Bertz CT molecular complexity index is 1430. The molecule has 2 aliphatic rings. The zero-order valence-corrected chi connectivity index (χ0v) is 28.2. The van der Waals surface area contributed by atoms with E-state index in [0.29, 0.717) is 42.7 Å². The lowest BCUT2D eigenvalue weighted by atomic mass is 9.97. The summed E-state index contributed by atoms with van der Waals surface area (Å²) in [6, 6.07) is 11.7. The molecule has 47 heavy (non-hydrogen) atoms. The zero-order chi connectivity index (χ0) is 34.1. The fraction of sp³-hybridized carbons (Fsp3) is 0.500. The van der Waals surface area contributed by atoms with Crippen LogP contribution in [0.1, 0.15) is 58.1 Å². The smallest absolute Gasteiger partial charge is 0.247 e. The van der Waals surface area contributed by atoms with Gasteiger partial charge in [-0.15, -0.1) is 0 Å². The van der Waals surface area contributed by atoms with Crippen LogP contribution in [0.2, 0.25) is 0 Å². The van der Waals surface area contributed by atoms with Crippen molar-refractivity contribution in [3.63, 3.8) is 0 Å². The number of methoxy groups -OCH3 is 1. The van der Waals surface area contributed by atoms with Crippen molar-refractivity contribution < 1.29 is 28.7 Å². The summed E-state index contributed by atoms with van der Waals surface area (Å²) in [5.41, 5.74) is 1.67. The minimum Gasteiger partial charge on any atom is -0.496 e. The summed E-state index contributed by atoms with van der Waals surface area (Å²) < 4.78 is 11.9. The van der Waals surface area contributed by atoms with Crippen LogP contribution in [0, 0.1) is 11.8 Å². The molecule has 6 unspecified atom stereocenters. The van der Waals surface area contributed by atoms with Crippen molar-refractivity contribution in [1.82, 2.24) is 26.2 Å². The van der Waals surface area contributed by atoms with Gasteiger partial charge in [-0.3, -0.25) is 19.2 Å². The van der Waals surface area contributed by atoms with E-state index in [1.54, 1.807) is 38.4 Å². The van der Waals surface area contributed by atoms with Crippen LogP contribution < -0.4 is 30.7 Å². The largest absolute Gasteiger partial charge is 0.496 e. The topological polar surface area (TPSA) is 138 Å². The second kappa shape index (κ2) is 16.4. The molecule has 2 aromatic carbocycles. The molecule has 0 aromatic heterocycles. The molecule has 0 spiro atoms. The fourth-order valence-electron chi connectivity index (χ4n) is 6.12. The third-order valence-electron chi connectivity index (χ3n) is 8.93. The van der Waals surface area contributed by atoms with Gasteiger partial charge in [0.1, 0.15) is 35.7 Å². The molecule has 6 atom stereocenters. The van der Waals surface area contributed by atoms with E-state index in [1.165, 1.54) is 11.1 Å². The highest BCUT2D eigenvalue weighted by molar-refractivity contribution is 5.96. The number of hydrogen-bond acceptors (Lipinski definition) is 7. The van der Waals surface area contributed by atoms with Crippen molar-refractivity contribution in [3.8, 4) is 11.5 Å². The molecule has 2 aromatic rings. The van der Waals surface area contributed by atoms with Crippen LogP contribution in [-0.2, 0) is 25.6 Å². The van der Waals surface area contributed by atoms with Crippen molar-refractivity contribution in [2.24, 2.45) is 11.8 Å². The van der Waals surface area contributed by atoms with Crippen molar-refractivity contribution >= 4 is 29.7 Å². The molecule has 2 aliphatic heterocycles. The highest BCUT2D eigenvalue weighted by Crippen LogP contribution is 2.30. The van der Waals surface area contributed by atoms with Gasteiger partial charge < -0.3 is 35.6 Å². The molecule has 0 aliphatic carbocycles. The van der Waals surface area contributed by atoms with Crippen LogP contribution in [0.3, 0.4) is 0 Å². The maximum absolute atomic E-state index is 14.4. The first-order chi connectivity index (χ1) is 22.6. The molecule has 1 saturated heterocycles. The third-order valence-corrected chi connectivity index (χ3v) is 8.93. The summed E-state index contributed by atoms with van der Waals surface area (Å²) in [5.74, 6) is -0.529. The summed E-state index contributed by atoms with van der Waals surface area (Å²) in [6.07, 6.45) is 4.41. The van der Waals surface area contributed by atoms with E-state index in [0.717, 1.165) is 5.56 Å². The van der Waals surface area contributed by atoms with Gasteiger partial charge in [-0.1, -0.05) is 64.4 Å². The number of carbonyl (C=O) groups excluding carboxylic acids is 4. The molecular formula is C36H49N5O6. The lowest BCUT2D eigenvalue weighted by Crippen LogP contribution is -2.60. The van der Waals surface area contributed by atoms with Crippen LogP contribution in [0.4, 0.5) is 0 Å². The molecule has 4 rings (SSSR count). The van der Waals surface area contributed by atoms with Gasteiger partial charge in [0.25, 0.3) is 0 Å². The van der Waals surface area contributed by atoms with Crippen LogP contribution in [0.15, 0.2) is 54.7 Å². The number of ether oxygens (including phenoxy) is 2. The summed E-state index contributed by atoms with van der Waals surface area (Å²) >= 11 is 0. The Morgan fingerprint density at radius 1 is 1.06 bits per heavy atom. The number of likely N-dealkylation sites (tertiary alicyclic amines) is 1. The molecule has 11 nitrogen and oxygen atoms in total. The maximum Gasteiger partial charge on any atom is 0.247 e. The number of likely N-dealkylation sites (N-methyl/N-ethyl adjacent to an activating group) is 1. The normalized spacial score (nSPS) is 22.2. The highest BCUT2D eigenvalue weighted by Gasteiger charge is 2.46. The molecule has 4 N–H and O–H groups in total. The van der Waals surface area contributed by atoms with E-state index in [4.69, 9.17) is 9.47 Å². The van der Waals surface area contributed by atoms with Gasteiger partial charge in [0, 0.05) is 24.7 Å². The Morgan fingerprint density at radius 2 is 1.81 bits per heavy atom. The van der Waals surface area contributed by atoms with E-state index in [9.17, 15) is 19.2 Å². The lowest BCUT2D eigenvalue weighted by molar-refractivity contribution is -0.144. The summed E-state index contributed by atoms with van der Waals surface area (Å²) in [5, 5.41) is 11.8. The predicted octanol–water partition coefficient (Wildman–Crippen LogP) is 3.04. The van der Waals surface area contributed by atoms with Crippen LogP contribution >= 0.6 is 0 Å². The van der Waals surface area contributed by atoms with Gasteiger partial charge in [0.15, 0.2) is 0 Å². The van der Waals surface area contributed by atoms with Crippen molar-refractivity contribution in [1.29, 1.82) is 0 Å².